The van der Waals surface area contributed by atoms with Crippen molar-refractivity contribution in [3.05, 3.63) is 40.4 Å². The first-order valence-electron chi connectivity index (χ1n) is 3.69. The number of nitrogens with one attached hydrogen (secondary N) is 1. The molecule has 0 aliphatic rings. The second-order valence-corrected chi connectivity index (χ2v) is 2.58. The smallest absolute Gasteiger partial charge is 0.258 e. The molecule has 1 heterocycles. The van der Waals surface area contributed by atoms with Gasteiger partial charge in [0.2, 0.25) is 0 Å². The number of rotatable bonds is 0. The number of H-pyrrole nitrogens is 1. The number of hydrogen-bond donors (Lipinski definition) is 1. The van der Waals surface area contributed by atoms with Gasteiger partial charge in [-0.25, -0.2) is 4.98 Å². The molecular weight excluding hydrogens is 166 g/mol. The Morgan fingerprint density at radius 3 is 3.08 bits per heavy atom. The van der Waals surface area contributed by atoms with Gasteiger partial charge in [0.25, 0.3) is 5.56 Å². The highest BCUT2D eigenvalue weighted by Gasteiger charge is 1.99. The summed E-state index contributed by atoms with van der Waals surface area (Å²) in [4.78, 5) is 17.6. The third kappa shape index (κ3) is 1.16. The van der Waals surface area contributed by atoms with Crippen molar-refractivity contribution in [3.63, 3.8) is 0 Å². The van der Waals surface area contributed by atoms with Gasteiger partial charge >= 0.3 is 0 Å². The molecule has 0 bridgehead atoms. The van der Waals surface area contributed by atoms with E-state index in [4.69, 9.17) is 5.26 Å². The lowest BCUT2D eigenvalue weighted by atomic mass is 10.2. The molecule has 0 aliphatic heterocycles. The fourth-order valence-electron chi connectivity index (χ4n) is 1.14. The molecule has 4 heteroatoms. The molecule has 0 saturated heterocycles. The monoisotopic (exact) mass is 171 g/mol. The molecule has 13 heavy (non-hydrogen) atoms. The van der Waals surface area contributed by atoms with Crippen molar-refractivity contribution in [1.29, 1.82) is 5.26 Å². The standard InChI is InChI=1S/C9H5N3O/c10-4-6-1-2-8-7(3-6)9(13)12-5-11-8/h1-3,5H,(H,11,12,13). The Kier molecular flexibility index (Phi) is 1.57. The number of aromatic amines is 1. The van der Waals surface area contributed by atoms with E-state index >= 15 is 0 Å². The molecule has 2 rings (SSSR count). The zero-order chi connectivity index (χ0) is 9.26. The first-order valence-corrected chi connectivity index (χ1v) is 3.69. The number of nitriles is 1. The molecule has 0 fully saturated rings. The van der Waals surface area contributed by atoms with E-state index in [1.54, 1.807) is 12.1 Å². The average Bonchev–Trinajstić information content (AvgIpc) is 2.18. The highest BCUT2D eigenvalue weighted by molar-refractivity contribution is 5.78. The molecule has 0 spiro atoms. The molecule has 0 atom stereocenters. The summed E-state index contributed by atoms with van der Waals surface area (Å²) in [6, 6.07) is 6.78. The highest BCUT2D eigenvalue weighted by atomic mass is 16.1. The fraction of sp³-hybridized carbons (Fsp3) is 0. The summed E-state index contributed by atoms with van der Waals surface area (Å²) in [5.74, 6) is 0. The van der Waals surface area contributed by atoms with Gasteiger partial charge < -0.3 is 4.98 Å². The van der Waals surface area contributed by atoms with Crippen molar-refractivity contribution < 1.29 is 0 Å². The van der Waals surface area contributed by atoms with Crippen LogP contribution in [0, 0.1) is 11.3 Å². The molecule has 0 saturated carbocycles. The fourth-order valence-corrected chi connectivity index (χ4v) is 1.14. The second-order valence-electron chi connectivity index (χ2n) is 2.58. The molecule has 62 valence electrons. The van der Waals surface area contributed by atoms with E-state index in [1.807, 2.05) is 6.07 Å². The average molecular weight is 171 g/mol. The van der Waals surface area contributed by atoms with Crippen LogP contribution in [-0.4, -0.2) is 9.97 Å². The van der Waals surface area contributed by atoms with Gasteiger partial charge in [0, 0.05) is 0 Å². The van der Waals surface area contributed by atoms with Crippen molar-refractivity contribution in [2.24, 2.45) is 0 Å². The lowest BCUT2D eigenvalue weighted by Gasteiger charge is -1.94. The van der Waals surface area contributed by atoms with Gasteiger partial charge in [0.05, 0.1) is 28.9 Å². The molecule has 0 amide bonds. The van der Waals surface area contributed by atoms with E-state index in [0.717, 1.165) is 0 Å². The maximum atomic E-state index is 11.2. The summed E-state index contributed by atoms with van der Waals surface area (Å²) in [5.41, 5.74) is 0.843. The minimum Gasteiger partial charge on any atom is -0.313 e. The quantitative estimate of drug-likeness (QED) is 0.637. The predicted molar refractivity (Wildman–Crippen MR) is 47.1 cm³/mol. The summed E-state index contributed by atoms with van der Waals surface area (Å²) in [6.45, 7) is 0. The topological polar surface area (TPSA) is 69.5 Å². The summed E-state index contributed by atoms with van der Waals surface area (Å²) < 4.78 is 0. The van der Waals surface area contributed by atoms with E-state index in [2.05, 4.69) is 9.97 Å². The van der Waals surface area contributed by atoms with Gasteiger partial charge in [0.15, 0.2) is 0 Å². The van der Waals surface area contributed by atoms with E-state index in [9.17, 15) is 4.79 Å². The van der Waals surface area contributed by atoms with Crippen LogP contribution >= 0.6 is 0 Å². The largest absolute Gasteiger partial charge is 0.313 e. The van der Waals surface area contributed by atoms with Crippen molar-refractivity contribution in [2.45, 2.75) is 0 Å². The molecule has 0 radical (unpaired) electrons. The van der Waals surface area contributed by atoms with Crippen LogP contribution in [0.4, 0.5) is 0 Å². The van der Waals surface area contributed by atoms with Crippen LogP contribution in [0.25, 0.3) is 10.9 Å². The van der Waals surface area contributed by atoms with Crippen LogP contribution in [0.5, 0.6) is 0 Å². The Hall–Kier alpha value is -2.15. The molecule has 1 aromatic heterocycles. The summed E-state index contributed by atoms with van der Waals surface area (Å²) in [6.07, 6.45) is 1.34. The number of fused-ring (bicyclic) bond motifs is 1. The van der Waals surface area contributed by atoms with Gasteiger partial charge in [-0.1, -0.05) is 0 Å². The summed E-state index contributed by atoms with van der Waals surface area (Å²) >= 11 is 0. The number of benzene rings is 1. The molecule has 0 aliphatic carbocycles. The van der Waals surface area contributed by atoms with E-state index in [-0.39, 0.29) is 5.56 Å². The van der Waals surface area contributed by atoms with Gasteiger partial charge in [-0.15, -0.1) is 0 Å². The van der Waals surface area contributed by atoms with Crippen molar-refractivity contribution >= 4 is 10.9 Å². The Morgan fingerprint density at radius 1 is 1.46 bits per heavy atom. The Bertz CT molecular complexity index is 551. The van der Waals surface area contributed by atoms with Crippen LogP contribution in [0.2, 0.25) is 0 Å². The van der Waals surface area contributed by atoms with Gasteiger partial charge in [-0.05, 0) is 18.2 Å². The Balaban J connectivity index is 2.92. The first kappa shape index (κ1) is 7.50. The van der Waals surface area contributed by atoms with Crippen LogP contribution in [-0.2, 0) is 0 Å². The Labute approximate surface area is 73.5 Å². The first-order chi connectivity index (χ1) is 6.31. The lowest BCUT2D eigenvalue weighted by Crippen LogP contribution is -2.05. The van der Waals surface area contributed by atoms with Gasteiger partial charge in [0.1, 0.15) is 0 Å². The third-order valence-corrected chi connectivity index (χ3v) is 1.77. The number of aromatic nitrogens is 2. The maximum absolute atomic E-state index is 11.2. The normalized spacial score (nSPS) is 9.77. The zero-order valence-electron chi connectivity index (χ0n) is 6.61. The second kappa shape index (κ2) is 2.72. The molecule has 0 unspecified atom stereocenters. The molecule has 4 nitrogen and oxygen atoms in total. The molecule has 2 aromatic rings. The van der Waals surface area contributed by atoms with E-state index in [1.165, 1.54) is 12.4 Å². The van der Waals surface area contributed by atoms with Crippen LogP contribution in [0.15, 0.2) is 29.3 Å². The summed E-state index contributed by atoms with van der Waals surface area (Å²) in [7, 11) is 0. The maximum Gasteiger partial charge on any atom is 0.258 e. The zero-order valence-corrected chi connectivity index (χ0v) is 6.61. The summed E-state index contributed by atoms with van der Waals surface area (Å²) in [5, 5.41) is 9.05. The lowest BCUT2D eigenvalue weighted by molar-refractivity contribution is 1.17. The predicted octanol–water partition coefficient (Wildman–Crippen LogP) is 0.795. The van der Waals surface area contributed by atoms with Crippen LogP contribution in [0.3, 0.4) is 0 Å². The molecular formula is C9H5N3O. The van der Waals surface area contributed by atoms with Crippen LogP contribution < -0.4 is 5.56 Å². The van der Waals surface area contributed by atoms with E-state index in [0.29, 0.717) is 16.5 Å². The number of nitrogens with zero attached hydrogens (tertiary/aromatic N) is 2. The van der Waals surface area contributed by atoms with Gasteiger partial charge in [-0.2, -0.15) is 5.26 Å². The van der Waals surface area contributed by atoms with Crippen molar-refractivity contribution in [2.75, 3.05) is 0 Å². The highest BCUT2D eigenvalue weighted by Crippen LogP contribution is 2.07. The molecule has 1 aromatic carbocycles. The van der Waals surface area contributed by atoms with Crippen molar-refractivity contribution in [1.82, 2.24) is 9.97 Å². The minimum atomic E-state index is -0.220. The minimum absolute atomic E-state index is 0.220. The van der Waals surface area contributed by atoms with Crippen LogP contribution in [0.1, 0.15) is 5.56 Å². The Morgan fingerprint density at radius 2 is 2.31 bits per heavy atom. The number of hydrogen-bond acceptors (Lipinski definition) is 3. The molecule has 1 N–H and O–H groups in total. The van der Waals surface area contributed by atoms with E-state index < -0.39 is 0 Å². The van der Waals surface area contributed by atoms with Crippen molar-refractivity contribution in [3.8, 4) is 6.07 Å². The third-order valence-electron chi connectivity index (χ3n) is 1.77. The SMILES string of the molecule is N#Cc1ccc2nc[nH]c(=O)c2c1. The van der Waals surface area contributed by atoms with Gasteiger partial charge in [-0.3, -0.25) is 4.79 Å².